The Bertz CT molecular complexity index is 624. The first-order valence-corrected chi connectivity index (χ1v) is 16.4. The normalized spacial score (nSPS) is 31.1. The van der Waals surface area contributed by atoms with Crippen molar-refractivity contribution in [3.63, 3.8) is 0 Å². The van der Waals surface area contributed by atoms with Crippen LogP contribution >= 0.6 is 31.6 Å². The summed E-state index contributed by atoms with van der Waals surface area (Å²) in [4.78, 5) is 2.72. The summed E-state index contributed by atoms with van der Waals surface area (Å²) < 4.78 is 18.7. The molecule has 4 heterocycles. The maximum Gasteiger partial charge on any atom is 2.00 e. The van der Waals surface area contributed by atoms with Gasteiger partial charge < -0.3 is 27.6 Å². The summed E-state index contributed by atoms with van der Waals surface area (Å²) in [5.41, 5.74) is 0.748. The smallest absolute Gasteiger partial charge is 0.408 e. The molecule has 35 heavy (non-hydrogen) atoms. The topological polar surface area (TPSA) is 40.8 Å². The molecule has 0 aromatic rings. The molecule has 2 unspecified atom stereocenters. The van der Waals surface area contributed by atoms with E-state index in [-0.39, 0.29) is 53.3 Å². The van der Waals surface area contributed by atoms with E-state index >= 15 is 0 Å². The third-order valence-corrected chi connectivity index (χ3v) is 11.7. The molecule has 4 aliphatic rings. The van der Waals surface area contributed by atoms with Gasteiger partial charge in [0.2, 0.25) is 0 Å². The number of hydrogen-bond acceptors (Lipinski definition) is 8. The second-order valence-corrected chi connectivity index (χ2v) is 16.7. The number of epoxide rings is 2. The summed E-state index contributed by atoms with van der Waals surface area (Å²) in [6.07, 6.45) is 8.03. The van der Waals surface area contributed by atoms with Gasteiger partial charge in [0.1, 0.15) is 6.10 Å². The van der Waals surface area contributed by atoms with Gasteiger partial charge in [0.25, 0.3) is 0 Å². The number of likely N-dealkylation sites (tertiary alicyclic amines) is 1. The molecule has 0 aromatic carbocycles. The predicted octanol–water partition coefficient (Wildman–Crippen LogP) is 6.44. The van der Waals surface area contributed by atoms with Gasteiger partial charge in [-0.25, -0.2) is 4.31 Å². The molecule has 9 heteroatoms. The molecule has 202 valence electrons. The first kappa shape index (κ1) is 33.1. The molecule has 0 aliphatic carbocycles. The minimum absolute atomic E-state index is 0. The van der Waals surface area contributed by atoms with Crippen molar-refractivity contribution in [2.24, 2.45) is 0 Å². The fraction of sp³-hybridized carbons (Fsp3) is 0.923. The summed E-state index contributed by atoms with van der Waals surface area (Å²) in [6, 6.07) is 0. The second-order valence-electron chi connectivity index (χ2n) is 12.6. The van der Waals surface area contributed by atoms with E-state index in [0.717, 1.165) is 45.0 Å². The fourth-order valence-electron chi connectivity index (χ4n) is 5.61. The summed E-state index contributed by atoms with van der Waals surface area (Å²) in [5, 5.41) is 0. The average molecular weight is 771 g/mol. The van der Waals surface area contributed by atoms with E-state index < -0.39 is 0 Å². The average Bonchev–Trinajstić information content (AvgIpc) is 3.60. The number of hydrogen-bond donors (Lipinski definition) is 0. The predicted molar refractivity (Wildman–Crippen MR) is 150 cm³/mol. The minimum Gasteiger partial charge on any atom is -0.408 e. The van der Waals surface area contributed by atoms with E-state index in [0.29, 0.717) is 18.3 Å². The van der Waals surface area contributed by atoms with Crippen LogP contribution in [0.15, 0.2) is 0 Å². The van der Waals surface area contributed by atoms with E-state index in [4.69, 9.17) is 9.47 Å². The quantitative estimate of drug-likeness (QED) is 0.0873. The van der Waals surface area contributed by atoms with Gasteiger partial charge in [-0.05, 0) is 84.2 Å². The first-order chi connectivity index (χ1) is 15.7. The van der Waals surface area contributed by atoms with E-state index in [9.17, 15) is 0 Å². The van der Waals surface area contributed by atoms with Crippen LogP contribution in [0.25, 0.3) is 0 Å². The molecule has 0 aromatic heterocycles. The Hall–Kier alpha value is 1.90. The number of piperidine rings is 2. The second kappa shape index (κ2) is 13.5. The number of rotatable bonds is 9. The van der Waals surface area contributed by atoms with Crippen LogP contribution in [0.5, 0.6) is 0 Å². The Labute approximate surface area is 251 Å². The van der Waals surface area contributed by atoms with E-state index in [1.54, 1.807) is 0 Å². The maximum atomic E-state index is 6.20. The van der Waals surface area contributed by atoms with Crippen molar-refractivity contribution in [3.05, 3.63) is 13.3 Å². The van der Waals surface area contributed by atoms with Crippen LogP contribution in [0.1, 0.15) is 81.1 Å². The molecule has 0 spiro atoms. The maximum absolute atomic E-state index is 6.20. The van der Waals surface area contributed by atoms with E-state index in [1.807, 2.05) is 31.6 Å². The Morgan fingerprint density at radius 1 is 0.914 bits per heavy atom. The molecule has 4 rings (SSSR count). The molecule has 5 nitrogen and oxygen atoms in total. The summed E-state index contributed by atoms with van der Waals surface area (Å²) in [7, 11) is 5.91. The van der Waals surface area contributed by atoms with Crippen LogP contribution < -0.4 is 0 Å². The van der Waals surface area contributed by atoms with Crippen LogP contribution in [0.3, 0.4) is 0 Å². The van der Waals surface area contributed by atoms with Gasteiger partial charge in [0, 0.05) is 52.0 Å². The van der Waals surface area contributed by atoms with Crippen LogP contribution in [0.2, 0.25) is 0 Å². The molecule has 4 saturated heterocycles. The molecule has 4 aliphatic heterocycles. The van der Waals surface area contributed by atoms with Crippen molar-refractivity contribution in [1.29, 1.82) is 0 Å². The van der Waals surface area contributed by atoms with Gasteiger partial charge in [0.15, 0.2) is 0 Å². The summed E-state index contributed by atoms with van der Waals surface area (Å²) in [5.74, 6) is 1.15. The molecule has 4 fully saturated rings. The van der Waals surface area contributed by atoms with Crippen molar-refractivity contribution < 1.29 is 45.3 Å². The monoisotopic (exact) mass is 770 g/mol. The molecule has 0 amide bonds. The van der Waals surface area contributed by atoms with Crippen LogP contribution in [0.4, 0.5) is 0 Å². The SMILES string of the molecule is CC1(C)CC(OCC2CO2)CC(C)(C)N1CCSSSN1C(C)(C)C[CH-]CC1(C)C.[CH2-]C1CO1.[U+2]. The van der Waals surface area contributed by atoms with Crippen LogP contribution in [-0.2, 0) is 14.2 Å². The zero-order valence-electron chi connectivity index (χ0n) is 23.2. The van der Waals surface area contributed by atoms with Gasteiger partial charge in [0.05, 0.1) is 19.3 Å². The van der Waals surface area contributed by atoms with Crippen molar-refractivity contribution >= 4 is 31.6 Å². The molecule has 0 radical (unpaired) electrons. The van der Waals surface area contributed by atoms with Crippen molar-refractivity contribution in [2.75, 3.05) is 32.1 Å². The number of ether oxygens (including phenoxy) is 3. The summed E-state index contributed by atoms with van der Waals surface area (Å²) >= 11 is 0. The van der Waals surface area contributed by atoms with Gasteiger partial charge >= 0.3 is 31.1 Å². The zero-order chi connectivity index (χ0) is 25.2. The third-order valence-electron chi connectivity index (χ3n) is 7.18. The van der Waals surface area contributed by atoms with Gasteiger partial charge in [-0.3, -0.25) is 4.90 Å². The standard InChI is InChI=1S/C23H43N2O2S3.C3H5O.U/c1-20(2)10-9-11-21(3,4)25(20)29-30-28-13-12-24-22(5,6)14-18(15-23(24,7)8)26-16-19-17-27-19;1-3-2-4-3;/h9,18-19H,10-17H2,1-8H3;3H,1-2H2;/q2*-1;+2. The van der Waals surface area contributed by atoms with E-state index in [1.165, 1.54) is 12.8 Å². The van der Waals surface area contributed by atoms with Gasteiger partial charge in [-0.1, -0.05) is 10.8 Å². The zero-order valence-corrected chi connectivity index (χ0v) is 29.8. The Morgan fingerprint density at radius 2 is 1.43 bits per heavy atom. The Morgan fingerprint density at radius 3 is 1.89 bits per heavy atom. The fourth-order valence-corrected chi connectivity index (χ4v) is 10.1. The molecular weight excluding hydrogens is 723 g/mol. The molecule has 0 N–H and O–H groups in total. The third kappa shape index (κ3) is 10.4. The van der Waals surface area contributed by atoms with E-state index in [2.05, 4.69) is 82.7 Å². The van der Waals surface area contributed by atoms with Crippen molar-refractivity contribution in [2.45, 2.75) is 122 Å². The molecule has 0 bridgehead atoms. The number of nitrogens with zero attached hydrogens (tertiary/aromatic N) is 2. The van der Waals surface area contributed by atoms with Gasteiger partial charge in [-0.15, -0.1) is 0 Å². The minimum atomic E-state index is 0. The van der Waals surface area contributed by atoms with Crippen molar-refractivity contribution in [1.82, 2.24) is 9.21 Å². The Balaban J connectivity index is 0.000000783. The first-order valence-electron chi connectivity index (χ1n) is 12.8. The van der Waals surface area contributed by atoms with Crippen LogP contribution in [-0.4, -0.2) is 81.8 Å². The largest absolute Gasteiger partial charge is 2.00 e. The molecule has 2 atom stereocenters. The van der Waals surface area contributed by atoms with Crippen LogP contribution in [0, 0.1) is 44.5 Å². The molecular formula is C26H48N2O3S3U. The molecule has 0 saturated carbocycles. The van der Waals surface area contributed by atoms with Gasteiger partial charge in [-0.2, -0.15) is 12.8 Å². The summed E-state index contributed by atoms with van der Waals surface area (Å²) in [6.45, 7) is 26.2. The Kier molecular flexibility index (Phi) is 12.8. The van der Waals surface area contributed by atoms with Crippen molar-refractivity contribution in [3.8, 4) is 0 Å².